The second-order valence-electron chi connectivity index (χ2n) is 5.19. The zero-order valence-corrected chi connectivity index (χ0v) is 12.4. The van der Waals surface area contributed by atoms with Crippen LogP contribution in [-0.4, -0.2) is 49.0 Å². The minimum absolute atomic E-state index is 0.128. The summed E-state index contributed by atoms with van der Waals surface area (Å²) < 4.78 is 27.6. The summed E-state index contributed by atoms with van der Waals surface area (Å²) in [7, 11) is -0.0382. The van der Waals surface area contributed by atoms with Crippen LogP contribution >= 0.6 is 0 Å². The van der Waals surface area contributed by atoms with Gasteiger partial charge in [-0.05, 0) is 38.3 Å². The van der Waals surface area contributed by atoms with Gasteiger partial charge in [-0.3, -0.25) is 0 Å². The van der Waals surface area contributed by atoms with E-state index >= 15 is 0 Å². The number of sulfonamides is 1. The normalized spacial score (nSPS) is 18.1. The number of rotatable bonds is 5. The molecule has 0 aliphatic carbocycles. The van der Waals surface area contributed by atoms with E-state index in [1.165, 1.54) is 16.8 Å². The molecular weight excluding hydrogens is 264 g/mol. The van der Waals surface area contributed by atoms with Crippen LogP contribution in [0.5, 0.6) is 0 Å². The Balaban J connectivity index is 1.93. The van der Waals surface area contributed by atoms with Crippen LogP contribution in [0.15, 0.2) is 17.6 Å². The molecule has 1 aliphatic heterocycles. The lowest BCUT2D eigenvalue weighted by Gasteiger charge is -2.24. The summed E-state index contributed by atoms with van der Waals surface area (Å²) in [5.74, 6) is 0.627. The van der Waals surface area contributed by atoms with Crippen molar-refractivity contribution < 1.29 is 8.42 Å². The maximum Gasteiger partial charge on any atom is 0.261 e. The molecular formula is C12H22N4O2S. The molecule has 0 spiro atoms. The third-order valence-corrected chi connectivity index (χ3v) is 5.41. The summed E-state index contributed by atoms with van der Waals surface area (Å²) in [6.45, 7) is 2.65. The number of nitrogens with zero attached hydrogens (tertiary/aromatic N) is 3. The molecule has 0 unspecified atom stereocenters. The third-order valence-electron chi connectivity index (χ3n) is 3.67. The summed E-state index contributed by atoms with van der Waals surface area (Å²) in [4.78, 5) is 3.93. The topological polar surface area (TPSA) is 67.2 Å². The second kappa shape index (κ2) is 6.02. The highest BCUT2D eigenvalue weighted by atomic mass is 32.2. The largest absolute Gasteiger partial charge is 0.339 e. The SMILES string of the molecule is CN(CCC1CCNCC1)S(=O)(=O)c1cn(C)cn1. The zero-order chi connectivity index (χ0) is 13.9. The molecule has 0 saturated carbocycles. The lowest BCUT2D eigenvalue weighted by atomic mass is 9.95. The van der Waals surface area contributed by atoms with Crippen LogP contribution < -0.4 is 5.32 Å². The summed E-state index contributed by atoms with van der Waals surface area (Å²) in [5, 5.41) is 3.44. The lowest BCUT2D eigenvalue weighted by molar-refractivity contribution is 0.325. The third kappa shape index (κ3) is 3.55. The Labute approximate surface area is 114 Å². The summed E-state index contributed by atoms with van der Waals surface area (Å²) in [5.41, 5.74) is 0. The fourth-order valence-electron chi connectivity index (χ4n) is 2.34. The number of nitrogens with one attached hydrogen (secondary N) is 1. The molecule has 108 valence electrons. The summed E-state index contributed by atoms with van der Waals surface area (Å²) in [6, 6.07) is 0. The summed E-state index contributed by atoms with van der Waals surface area (Å²) >= 11 is 0. The van der Waals surface area contributed by atoms with Gasteiger partial charge in [-0.25, -0.2) is 13.4 Å². The van der Waals surface area contributed by atoms with Crippen molar-refractivity contribution in [3.8, 4) is 0 Å². The van der Waals surface area contributed by atoms with E-state index in [1.54, 1.807) is 18.7 Å². The fraction of sp³-hybridized carbons (Fsp3) is 0.750. The van der Waals surface area contributed by atoms with Crippen molar-refractivity contribution in [1.29, 1.82) is 0 Å². The number of aryl methyl sites for hydroxylation is 1. The molecule has 1 fully saturated rings. The Hall–Kier alpha value is -0.920. The van der Waals surface area contributed by atoms with Gasteiger partial charge in [0.1, 0.15) is 0 Å². The van der Waals surface area contributed by atoms with E-state index < -0.39 is 10.0 Å². The van der Waals surface area contributed by atoms with Gasteiger partial charge in [0.2, 0.25) is 0 Å². The standard InChI is InChI=1S/C12H22N4O2S/c1-15-9-12(14-10-15)19(17,18)16(2)8-5-11-3-6-13-7-4-11/h9-11,13H,3-8H2,1-2H3. The number of imidazole rings is 1. The van der Waals surface area contributed by atoms with Gasteiger partial charge in [0.15, 0.2) is 5.03 Å². The van der Waals surface area contributed by atoms with Crippen LogP contribution in [0, 0.1) is 5.92 Å². The molecule has 0 bridgehead atoms. The maximum absolute atomic E-state index is 12.3. The quantitative estimate of drug-likeness (QED) is 0.852. The Kier molecular flexibility index (Phi) is 4.59. The van der Waals surface area contributed by atoms with Gasteiger partial charge in [-0.1, -0.05) is 0 Å². The average Bonchev–Trinajstić information content (AvgIpc) is 2.84. The van der Waals surface area contributed by atoms with Gasteiger partial charge in [0.05, 0.1) is 6.33 Å². The predicted octanol–water partition coefficient (Wildman–Crippen LogP) is 0.430. The molecule has 2 heterocycles. The van der Waals surface area contributed by atoms with E-state index in [9.17, 15) is 8.42 Å². The highest BCUT2D eigenvalue weighted by Crippen LogP contribution is 2.18. The van der Waals surface area contributed by atoms with Crippen LogP contribution in [0.3, 0.4) is 0 Å². The van der Waals surface area contributed by atoms with Crippen LogP contribution in [0.1, 0.15) is 19.3 Å². The van der Waals surface area contributed by atoms with Crippen molar-refractivity contribution in [2.24, 2.45) is 13.0 Å². The highest BCUT2D eigenvalue weighted by molar-refractivity contribution is 7.89. The van der Waals surface area contributed by atoms with Crippen LogP contribution in [0.4, 0.5) is 0 Å². The van der Waals surface area contributed by atoms with Gasteiger partial charge < -0.3 is 9.88 Å². The van der Waals surface area contributed by atoms with Gasteiger partial charge in [-0.15, -0.1) is 0 Å². The van der Waals surface area contributed by atoms with Crippen LogP contribution in [0.25, 0.3) is 0 Å². The van der Waals surface area contributed by atoms with E-state index in [-0.39, 0.29) is 5.03 Å². The van der Waals surface area contributed by atoms with E-state index in [2.05, 4.69) is 10.3 Å². The molecule has 0 atom stereocenters. The number of piperidine rings is 1. The molecule has 19 heavy (non-hydrogen) atoms. The van der Waals surface area contributed by atoms with Crippen molar-refractivity contribution in [2.75, 3.05) is 26.7 Å². The number of hydrogen-bond acceptors (Lipinski definition) is 4. The first-order valence-electron chi connectivity index (χ1n) is 6.65. The molecule has 1 aromatic heterocycles. The van der Waals surface area contributed by atoms with E-state index in [0.29, 0.717) is 12.5 Å². The number of hydrogen-bond donors (Lipinski definition) is 1. The van der Waals surface area contributed by atoms with Crippen molar-refractivity contribution in [3.63, 3.8) is 0 Å². The molecule has 1 saturated heterocycles. The summed E-state index contributed by atoms with van der Waals surface area (Å²) in [6.07, 6.45) is 6.24. The van der Waals surface area contributed by atoms with Gasteiger partial charge >= 0.3 is 0 Å². The second-order valence-corrected chi connectivity index (χ2v) is 7.18. The van der Waals surface area contributed by atoms with Crippen molar-refractivity contribution in [3.05, 3.63) is 12.5 Å². The Bertz CT molecular complexity index is 506. The van der Waals surface area contributed by atoms with Gasteiger partial charge in [0.25, 0.3) is 10.0 Å². The predicted molar refractivity (Wildman–Crippen MR) is 73.2 cm³/mol. The van der Waals surface area contributed by atoms with Gasteiger partial charge in [0, 0.05) is 26.8 Å². The highest BCUT2D eigenvalue weighted by Gasteiger charge is 2.24. The van der Waals surface area contributed by atoms with Crippen LogP contribution in [-0.2, 0) is 17.1 Å². The Morgan fingerprint density at radius 2 is 2.16 bits per heavy atom. The van der Waals surface area contributed by atoms with E-state index in [0.717, 1.165) is 32.4 Å². The average molecular weight is 286 g/mol. The molecule has 0 radical (unpaired) electrons. The first-order chi connectivity index (χ1) is 9.00. The van der Waals surface area contributed by atoms with Crippen molar-refractivity contribution in [2.45, 2.75) is 24.3 Å². The minimum Gasteiger partial charge on any atom is -0.339 e. The Morgan fingerprint density at radius 1 is 1.47 bits per heavy atom. The van der Waals surface area contributed by atoms with Crippen LogP contribution in [0.2, 0.25) is 0 Å². The van der Waals surface area contributed by atoms with Crippen molar-refractivity contribution >= 4 is 10.0 Å². The molecule has 7 heteroatoms. The minimum atomic E-state index is -3.43. The molecule has 1 N–H and O–H groups in total. The maximum atomic E-state index is 12.3. The van der Waals surface area contributed by atoms with Crippen molar-refractivity contribution in [1.82, 2.24) is 19.2 Å². The lowest BCUT2D eigenvalue weighted by Crippen LogP contribution is -2.32. The molecule has 1 aromatic rings. The first kappa shape index (κ1) is 14.5. The molecule has 2 rings (SSSR count). The zero-order valence-electron chi connectivity index (χ0n) is 11.5. The first-order valence-corrected chi connectivity index (χ1v) is 8.09. The Morgan fingerprint density at radius 3 is 2.74 bits per heavy atom. The number of aromatic nitrogens is 2. The molecule has 6 nitrogen and oxygen atoms in total. The monoisotopic (exact) mass is 286 g/mol. The smallest absolute Gasteiger partial charge is 0.261 e. The van der Waals surface area contributed by atoms with E-state index in [1.807, 2.05) is 0 Å². The molecule has 0 amide bonds. The molecule has 1 aliphatic rings. The van der Waals surface area contributed by atoms with Gasteiger partial charge in [-0.2, -0.15) is 4.31 Å². The molecule has 0 aromatic carbocycles. The van der Waals surface area contributed by atoms with E-state index in [4.69, 9.17) is 0 Å². The fourth-order valence-corrected chi connectivity index (χ4v) is 3.48.